The van der Waals surface area contributed by atoms with Gasteiger partial charge in [0.2, 0.25) is 0 Å². The average Bonchev–Trinajstić information content (AvgIpc) is 2.59. The number of benzene rings is 3. The van der Waals surface area contributed by atoms with Gasteiger partial charge in [-0.3, -0.25) is 0 Å². The molecule has 0 atom stereocenters. The molecule has 0 aliphatic rings. The molecule has 0 radical (unpaired) electrons. The number of methoxy groups -OCH3 is 2. The quantitative estimate of drug-likeness (QED) is 0.702. The molecule has 3 aromatic rings. The van der Waals surface area contributed by atoms with E-state index >= 15 is 0 Å². The molecule has 3 rings (SSSR count). The van der Waals surface area contributed by atoms with Crippen LogP contribution in [0.5, 0.6) is 11.5 Å². The van der Waals surface area contributed by atoms with Gasteiger partial charge in [-0.25, -0.2) is 9.18 Å². The van der Waals surface area contributed by atoms with Crippen molar-refractivity contribution in [2.75, 3.05) is 20.0 Å². The van der Waals surface area contributed by atoms with Crippen molar-refractivity contribution >= 4 is 22.4 Å². The molecule has 6 heteroatoms. The van der Waals surface area contributed by atoms with Crippen LogP contribution in [0, 0.1) is 5.82 Å². The molecule has 3 aromatic carbocycles. The second-order valence-corrected chi connectivity index (χ2v) is 5.43. The molecule has 128 valence electrons. The van der Waals surface area contributed by atoms with E-state index in [1.165, 1.54) is 26.4 Å². The lowest BCUT2D eigenvalue weighted by Crippen LogP contribution is -2.02. The van der Waals surface area contributed by atoms with Crippen molar-refractivity contribution in [3.05, 3.63) is 53.8 Å². The first-order valence-electron chi connectivity index (χ1n) is 7.44. The summed E-state index contributed by atoms with van der Waals surface area (Å²) < 4.78 is 25.1. The summed E-state index contributed by atoms with van der Waals surface area (Å²) in [6.45, 7) is 0. The van der Waals surface area contributed by atoms with Crippen LogP contribution in [0.25, 0.3) is 21.9 Å². The van der Waals surface area contributed by atoms with Crippen LogP contribution in [0.3, 0.4) is 0 Å². The predicted octanol–water partition coefficient (Wildman–Crippen LogP) is 3.94. The number of hydrogen-bond donors (Lipinski definition) is 2. The SMILES string of the molecule is COc1c(C(=O)O)ccc2c(OC)c(-c3ccc(N)cc3F)ccc12. The normalized spacial score (nSPS) is 10.7. The minimum absolute atomic E-state index is 0.0449. The molecular weight excluding hydrogens is 325 g/mol. The Morgan fingerprint density at radius 2 is 1.56 bits per heavy atom. The van der Waals surface area contributed by atoms with E-state index in [1.54, 1.807) is 30.3 Å². The maximum Gasteiger partial charge on any atom is 0.339 e. The van der Waals surface area contributed by atoms with Gasteiger partial charge in [-0.1, -0.05) is 0 Å². The maximum absolute atomic E-state index is 14.3. The fraction of sp³-hybridized carbons (Fsp3) is 0.105. The highest BCUT2D eigenvalue weighted by Gasteiger charge is 2.19. The Morgan fingerprint density at radius 1 is 0.960 bits per heavy atom. The number of carboxylic acids is 1. The van der Waals surface area contributed by atoms with Crippen LogP contribution in [-0.2, 0) is 0 Å². The number of ether oxygens (including phenoxy) is 2. The number of rotatable bonds is 4. The van der Waals surface area contributed by atoms with Crippen LogP contribution in [0.15, 0.2) is 42.5 Å². The zero-order valence-corrected chi connectivity index (χ0v) is 13.7. The number of halogens is 1. The molecule has 0 saturated carbocycles. The van der Waals surface area contributed by atoms with Gasteiger partial charge >= 0.3 is 5.97 Å². The number of carboxylic acid groups (broad SMARTS) is 1. The highest BCUT2D eigenvalue weighted by molar-refractivity contribution is 6.04. The highest BCUT2D eigenvalue weighted by atomic mass is 19.1. The lowest BCUT2D eigenvalue weighted by atomic mass is 9.97. The van der Waals surface area contributed by atoms with Crippen molar-refractivity contribution in [1.82, 2.24) is 0 Å². The molecular formula is C19H16FNO4. The van der Waals surface area contributed by atoms with Crippen molar-refractivity contribution in [2.45, 2.75) is 0 Å². The zero-order chi connectivity index (χ0) is 18.1. The summed E-state index contributed by atoms with van der Waals surface area (Å²) in [7, 11) is 2.88. The molecule has 5 nitrogen and oxygen atoms in total. The summed E-state index contributed by atoms with van der Waals surface area (Å²) in [4.78, 5) is 11.4. The smallest absolute Gasteiger partial charge is 0.339 e. The van der Waals surface area contributed by atoms with Crippen LogP contribution in [0.4, 0.5) is 10.1 Å². The number of anilines is 1. The maximum atomic E-state index is 14.3. The van der Waals surface area contributed by atoms with Crippen molar-refractivity contribution in [1.29, 1.82) is 0 Å². The third-order valence-electron chi connectivity index (χ3n) is 4.02. The van der Waals surface area contributed by atoms with Gasteiger partial charge in [-0.2, -0.15) is 0 Å². The summed E-state index contributed by atoms with van der Waals surface area (Å²) in [5.74, 6) is -0.901. The Labute approximate surface area is 143 Å². The van der Waals surface area contributed by atoms with Crippen LogP contribution >= 0.6 is 0 Å². The van der Waals surface area contributed by atoms with Gasteiger partial charge in [0.05, 0.1) is 14.2 Å². The van der Waals surface area contributed by atoms with Crippen molar-refractivity contribution < 1.29 is 23.8 Å². The van der Waals surface area contributed by atoms with Crippen LogP contribution in [-0.4, -0.2) is 25.3 Å². The van der Waals surface area contributed by atoms with Crippen molar-refractivity contribution in [2.24, 2.45) is 0 Å². The number of hydrogen-bond acceptors (Lipinski definition) is 4. The Balaban J connectivity index is 2.33. The van der Waals surface area contributed by atoms with E-state index in [9.17, 15) is 14.3 Å². The van der Waals surface area contributed by atoms with Crippen molar-refractivity contribution in [3.63, 3.8) is 0 Å². The lowest BCUT2D eigenvalue weighted by molar-refractivity contribution is 0.0693. The van der Waals surface area contributed by atoms with Gasteiger partial charge < -0.3 is 20.3 Å². The molecule has 0 heterocycles. The van der Waals surface area contributed by atoms with E-state index in [1.807, 2.05) is 0 Å². The standard InChI is InChI=1S/C19H16FNO4/c1-24-17-12(11-4-3-10(21)9-16(11)20)5-6-14-13(17)7-8-15(19(22)23)18(14)25-2/h3-9H,21H2,1-2H3,(H,22,23). The van der Waals surface area contributed by atoms with Crippen LogP contribution in [0.2, 0.25) is 0 Å². The van der Waals surface area contributed by atoms with Gasteiger partial charge in [0.15, 0.2) is 0 Å². The molecule has 0 bridgehead atoms. The summed E-state index contributed by atoms with van der Waals surface area (Å²) in [5.41, 5.74) is 6.86. The van der Waals surface area contributed by atoms with Gasteiger partial charge in [-0.05, 0) is 42.5 Å². The minimum atomic E-state index is -1.09. The third kappa shape index (κ3) is 2.71. The Bertz CT molecular complexity index is 985. The average molecular weight is 341 g/mol. The Hall–Kier alpha value is -3.28. The first-order chi connectivity index (χ1) is 12.0. The number of fused-ring (bicyclic) bond motifs is 1. The molecule has 0 aliphatic carbocycles. The first-order valence-corrected chi connectivity index (χ1v) is 7.44. The number of aromatic carboxylic acids is 1. The molecule has 0 unspecified atom stereocenters. The second kappa shape index (κ2) is 6.32. The molecule has 0 saturated heterocycles. The van der Waals surface area contributed by atoms with E-state index < -0.39 is 11.8 Å². The van der Waals surface area contributed by atoms with E-state index in [0.717, 1.165) is 0 Å². The highest BCUT2D eigenvalue weighted by Crippen LogP contribution is 2.42. The monoisotopic (exact) mass is 341 g/mol. The Kier molecular flexibility index (Phi) is 4.19. The van der Waals surface area contributed by atoms with E-state index in [0.29, 0.717) is 33.3 Å². The van der Waals surface area contributed by atoms with Gasteiger partial charge in [0.1, 0.15) is 22.9 Å². The molecule has 3 N–H and O–H groups in total. The number of nitrogens with two attached hydrogens (primary N) is 1. The third-order valence-corrected chi connectivity index (χ3v) is 4.02. The van der Waals surface area contributed by atoms with Gasteiger partial charge in [0.25, 0.3) is 0 Å². The molecule has 0 spiro atoms. The fourth-order valence-electron chi connectivity index (χ4n) is 2.92. The van der Waals surface area contributed by atoms with Crippen LogP contribution < -0.4 is 15.2 Å². The number of carbonyl (C=O) groups is 1. The topological polar surface area (TPSA) is 81.8 Å². The van der Waals surface area contributed by atoms with E-state index in [2.05, 4.69) is 0 Å². The molecule has 25 heavy (non-hydrogen) atoms. The van der Waals surface area contributed by atoms with Crippen LogP contribution in [0.1, 0.15) is 10.4 Å². The molecule has 0 fully saturated rings. The fourth-order valence-corrected chi connectivity index (χ4v) is 2.92. The predicted molar refractivity (Wildman–Crippen MR) is 93.8 cm³/mol. The number of nitrogen functional groups attached to an aromatic ring is 1. The summed E-state index contributed by atoms with van der Waals surface area (Å²) in [6.07, 6.45) is 0. The first kappa shape index (κ1) is 16.6. The molecule has 0 aromatic heterocycles. The van der Waals surface area contributed by atoms with E-state index in [-0.39, 0.29) is 11.3 Å². The lowest BCUT2D eigenvalue weighted by Gasteiger charge is -2.16. The second-order valence-electron chi connectivity index (χ2n) is 5.43. The summed E-state index contributed by atoms with van der Waals surface area (Å²) in [6, 6.07) is 10.9. The zero-order valence-electron chi connectivity index (χ0n) is 13.7. The molecule has 0 amide bonds. The van der Waals surface area contributed by atoms with E-state index in [4.69, 9.17) is 15.2 Å². The molecule has 0 aliphatic heterocycles. The minimum Gasteiger partial charge on any atom is -0.495 e. The summed E-state index contributed by atoms with van der Waals surface area (Å²) in [5, 5.41) is 10.5. The largest absolute Gasteiger partial charge is 0.495 e. The van der Waals surface area contributed by atoms with Gasteiger partial charge in [0, 0.05) is 27.6 Å². The van der Waals surface area contributed by atoms with Crippen molar-refractivity contribution in [3.8, 4) is 22.6 Å². The Morgan fingerprint density at radius 3 is 2.16 bits per heavy atom. The summed E-state index contributed by atoms with van der Waals surface area (Å²) >= 11 is 0. The van der Waals surface area contributed by atoms with Gasteiger partial charge in [-0.15, -0.1) is 0 Å².